The molecule has 1 atom stereocenters. The minimum atomic E-state index is -3.41. The van der Waals surface area contributed by atoms with Gasteiger partial charge in [0, 0.05) is 12.6 Å². The summed E-state index contributed by atoms with van der Waals surface area (Å²) in [6.45, 7) is 7.03. The summed E-state index contributed by atoms with van der Waals surface area (Å²) >= 11 is 0. The fourth-order valence-electron chi connectivity index (χ4n) is 3.79. The van der Waals surface area contributed by atoms with Gasteiger partial charge in [-0.2, -0.15) is 0 Å². The molecule has 1 aliphatic heterocycles. The summed E-state index contributed by atoms with van der Waals surface area (Å²) in [6.07, 6.45) is 6.87. The summed E-state index contributed by atoms with van der Waals surface area (Å²) in [4.78, 5) is 2.82. The molecule has 1 aromatic rings. The fraction of sp³-hybridized carbons (Fsp3) is 0.684. The largest absolute Gasteiger partial charge is 0.299 e. The van der Waals surface area contributed by atoms with Crippen LogP contribution in [0.1, 0.15) is 50.7 Å². The van der Waals surface area contributed by atoms with Crippen molar-refractivity contribution in [3.8, 4) is 0 Å². The Morgan fingerprint density at radius 3 is 2.54 bits per heavy atom. The molecular formula is C19H30N2O2S. The van der Waals surface area contributed by atoms with Gasteiger partial charge in [-0.15, -0.1) is 0 Å². The standard InChI is InChI=1S/C19H30N2O2S/c1-15-9-11-21(12-10-15)16(2)14-20-24(22,23)19-8-7-17-5-3-4-6-18(17)13-19/h7-8,13,15-16,20H,3-6,9-12,14H2,1-2H3. The molecule has 0 bridgehead atoms. The van der Waals surface area contributed by atoms with E-state index in [-0.39, 0.29) is 6.04 Å². The molecule has 3 rings (SSSR count). The molecule has 1 unspecified atom stereocenters. The molecule has 1 aromatic carbocycles. The van der Waals surface area contributed by atoms with Gasteiger partial charge in [0.15, 0.2) is 0 Å². The average Bonchev–Trinajstić information content (AvgIpc) is 2.60. The highest BCUT2D eigenvalue weighted by molar-refractivity contribution is 7.89. The molecule has 1 N–H and O–H groups in total. The van der Waals surface area contributed by atoms with Crippen LogP contribution in [0.3, 0.4) is 0 Å². The number of rotatable bonds is 5. The third kappa shape index (κ3) is 4.19. The van der Waals surface area contributed by atoms with Crippen molar-refractivity contribution < 1.29 is 8.42 Å². The van der Waals surface area contributed by atoms with E-state index in [1.54, 1.807) is 6.07 Å². The molecule has 5 heteroatoms. The molecule has 1 aliphatic carbocycles. The van der Waals surface area contributed by atoms with E-state index in [1.807, 2.05) is 12.1 Å². The molecule has 1 heterocycles. The molecule has 0 spiro atoms. The minimum Gasteiger partial charge on any atom is -0.299 e. The van der Waals surface area contributed by atoms with Gasteiger partial charge in [0.2, 0.25) is 10.0 Å². The van der Waals surface area contributed by atoms with Crippen LogP contribution in [0.15, 0.2) is 23.1 Å². The van der Waals surface area contributed by atoms with E-state index in [4.69, 9.17) is 0 Å². The molecule has 0 aromatic heterocycles. The number of piperidine rings is 1. The number of aryl methyl sites for hydroxylation is 2. The third-order valence-electron chi connectivity index (χ3n) is 5.64. The number of nitrogens with zero attached hydrogens (tertiary/aromatic N) is 1. The number of nitrogens with one attached hydrogen (secondary N) is 1. The second-order valence-corrected chi connectivity index (χ2v) is 9.32. The lowest BCUT2D eigenvalue weighted by atomic mass is 9.92. The van der Waals surface area contributed by atoms with Gasteiger partial charge in [-0.3, -0.25) is 4.90 Å². The zero-order valence-corrected chi connectivity index (χ0v) is 15.7. The lowest BCUT2D eigenvalue weighted by molar-refractivity contribution is 0.148. The number of hydrogen-bond donors (Lipinski definition) is 1. The Bertz CT molecular complexity index is 664. The smallest absolute Gasteiger partial charge is 0.240 e. The van der Waals surface area contributed by atoms with Crippen LogP contribution in [0.2, 0.25) is 0 Å². The second kappa shape index (κ2) is 7.54. The normalized spacial score (nSPS) is 21.4. The number of benzene rings is 1. The summed E-state index contributed by atoms with van der Waals surface area (Å²) in [6, 6.07) is 5.88. The van der Waals surface area contributed by atoms with Crippen LogP contribution >= 0.6 is 0 Å². The number of likely N-dealkylation sites (tertiary alicyclic amines) is 1. The second-order valence-electron chi connectivity index (χ2n) is 7.56. The van der Waals surface area contributed by atoms with E-state index in [0.717, 1.165) is 38.3 Å². The van der Waals surface area contributed by atoms with Crippen molar-refractivity contribution in [2.75, 3.05) is 19.6 Å². The fourth-order valence-corrected chi connectivity index (χ4v) is 4.96. The van der Waals surface area contributed by atoms with Crippen molar-refractivity contribution in [2.24, 2.45) is 5.92 Å². The molecule has 0 saturated carbocycles. The highest BCUT2D eigenvalue weighted by Crippen LogP contribution is 2.24. The topological polar surface area (TPSA) is 49.4 Å². The lowest BCUT2D eigenvalue weighted by Crippen LogP contribution is -2.45. The van der Waals surface area contributed by atoms with Crippen LogP contribution in [-0.2, 0) is 22.9 Å². The van der Waals surface area contributed by atoms with E-state index in [9.17, 15) is 8.42 Å². The quantitative estimate of drug-likeness (QED) is 0.888. The van der Waals surface area contributed by atoms with Crippen LogP contribution in [0.4, 0.5) is 0 Å². The van der Waals surface area contributed by atoms with Gasteiger partial charge < -0.3 is 0 Å². The monoisotopic (exact) mass is 350 g/mol. The van der Waals surface area contributed by atoms with Gasteiger partial charge in [-0.05, 0) is 87.7 Å². The highest BCUT2D eigenvalue weighted by Gasteiger charge is 2.23. The lowest BCUT2D eigenvalue weighted by Gasteiger charge is -2.35. The van der Waals surface area contributed by atoms with Gasteiger partial charge in [-0.25, -0.2) is 13.1 Å². The van der Waals surface area contributed by atoms with E-state index in [2.05, 4.69) is 23.5 Å². The maximum Gasteiger partial charge on any atom is 0.240 e. The Hall–Kier alpha value is -0.910. The Kier molecular flexibility index (Phi) is 5.63. The van der Waals surface area contributed by atoms with Crippen LogP contribution in [0, 0.1) is 5.92 Å². The maximum absolute atomic E-state index is 12.6. The van der Waals surface area contributed by atoms with Crippen LogP contribution in [-0.4, -0.2) is 39.0 Å². The molecule has 4 nitrogen and oxygen atoms in total. The van der Waals surface area contributed by atoms with Crippen molar-refractivity contribution in [1.29, 1.82) is 0 Å². The maximum atomic E-state index is 12.6. The van der Waals surface area contributed by atoms with Crippen molar-refractivity contribution in [3.05, 3.63) is 29.3 Å². The van der Waals surface area contributed by atoms with E-state index < -0.39 is 10.0 Å². The Morgan fingerprint density at radius 1 is 1.17 bits per heavy atom. The van der Waals surface area contributed by atoms with Crippen LogP contribution < -0.4 is 4.72 Å². The molecule has 134 valence electrons. The molecule has 1 fully saturated rings. The predicted molar refractivity (Wildman–Crippen MR) is 97.7 cm³/mol. The molecular weight excluding hydrogens is 320 g/mol. The third-order valence-corrected chi connectivity index (χ3v) is 7.06. The van der Waals surface area contributed by atoms with E-state index >= 15 is 0 Å². The molecule has 0 radical (unpaired) electrons. The van der Waals surface area contributed by atoms with Crippen LogP contribution in [0.5, 0.6) is 0 Å². The predicted octanol–water partition coefficient (Wildman–Crippen LogP) is 2.96. The van der Waals surface area contributed by atoms with Gasteiger partial charge in [0.05, 0.1) is 4.90 Å². The summed E-state index contributed by atoms with van der Waals surface area (Å²) < 4.78 is 28.1. The van der Waals surface area contributed by atoms with Crippen LogP contribution in [0.25, 0.3) is 0 Å². The van der Waals surface area contributed by atoms with Crippen molar-refractivity contribution in [2.45, 2.75) is 63.3 Å². The van der Waals surface area contributed by atoms with Crippen molar-refractivity contribution in [3.63, 3.8) is 0 Å². The zero-order chi connectivity index (χ0) is 17.2. The number of hydrogen-bond acceptors (Lipinski definition) is 3. The first-order chi connectivity index (χ1) is 11.5. The first-order valence-electron chi connectivity index (χ1n) is 9.31. The Morgan fingerprint density at radius 2 is 1.83 bits per heavy atom. The zero-order valence-electron chi connectivity index (χ0n) is 14.9. The van der Waals surface area contributed by atoms with Gasteiger partial charge >= 0.3 is 0 Å². The Labute approximate surface area is 146 Å². The summed E-state index contributed by atoms with van der Waals surface area (Å²) in [5, 5.41) is 0. The Balaban J connectivity index is 1.61. The average molecular weight is 351 g/mol. The van der Waals surface area contributed by atoms with Gasteiger partial charge in [0.1, 0.15) is 0 Å². The summed E-state index contributed by atoms with van der Waals surface area (Å²) in [5.41, 5.74) is 2.53. The first-order valence-corrected chi connectivity index (χ1v) is 10.8. The highest BCUT2D eigenvalue weighted by atomic mass is 32.2. The van der Waals surface area contributed by atoms with E-state index in [0.29, 0.717) is 11.4 Å². The summed E-state index contributed by atoms with van der Waals surface area (Å²) in [7, 11) is -3.41. The van der Waals surface area contributed by atoms with E-state index in [1.165, 1.54) is 30.4 Å². The number of sulfonamides is 1. The molecule has 24 heavy (non-hydrogen) atoms. The molecule has 0 amide bonds. The van der Waals surface area contributed by atoms with Gasteiger partial charge in [0.25, 0.3) is 0 Å². The SMILES string of the molecule is CC1CCN(C(C)CNS(=O)(=O)c2ccc3c(c2)CCCC3)CC1. The molecule has 2 aliphatic rings. The number of fused-ring (bicyclic) bond motifs is 1. The van der Waals surface area contributed by atoms with Crippen molar-refractivity contribution >= 4 is 10.0 Å². The van der Waals surface area contributed by atoms with Gasteiger partial charge in [-0.1, -0.05) is 13.0 Å². The first kappa shape index (κ1) is 17.9. The minimum absolute atomic E-state index is 0.241. The summed E-state index contributed by atoms with van der Waals surface area (Å²) in [5.74, 6) is 0.792. The molecule has 1 saturated heterocycles. The van der Waals surface area contributed by atoms with Crippen molar-refractivity contribution in [1.82, 2.24) is 9.62 Å².